The van der Waals surface area contributed by atoms with Crippen LogP contribution in [0.1, 0.15) is 31.7 Å². The Labute approximate surface area is 190 Å². The van der Waals surface area contributed by atoms with Crippen molar-refractivity contribution in [1.29, 1.82) is 0 Å². The molecule has 1 fully saturated rings. The van der Waals surface area contributed by atoms with Gasteiger partial charge in [0, 0.05) is 44.0 Å². The van der Waals surface area contributed by atoms with Crippen molar-refractivity contribution < 1.29 is 14.3 Å². The average molecular weight is 434 g/mol. The van der Waals surface area contributed by atoms with Crippen LogP contribution in [0.3, 0.4) is 0 Å². The number of hydrogen-bond acceptors (Lipinski definition) is 5. The SMILES string of the molecule is CCCCCN1C(=O)C(c2ccccc2OC)=C(N2CCN(c3ccccc3)CC2)C1=O. The highest BCUT2D eigenvalue weighted by Crippen LogP contribution is 2.36. The van der Waals surface area contributed by atoms with Crippen molar-refractivity contribution in [1.82, 2.24) is 9.80 Å². The van der Waals surface area contributed by atoms with E-state index < -0.39 is 0 Å². The van der Waals surface area contributed by atoms with Crippen molar-refractivity contribution in [3.63, 3.8) is 0 Å². The smallest absolute Gasteiger partial charge is 0.277 e. The number of unbranched alkanes of at least 4 members (excludes halogenated alkanes) is 2. The van der Waals surface area contributed by atoms with E-state index in [0.29, 0.717) is 42.2 Å². The molecule has 2 aliphatic heterocycles. The van der Waals surface area contributed by atoms with Crippen molar-refractivity contribution in [3.05, 3.63) is 65.9 Å². The van der Waals surface area contributed by atoms with E-state index >= 15 is 0 Å². The van der Waals surface area contributed by atoms with Crippen LogP contribution < -0.4 is 9.64 Å². The molecule has 4 rings (SSSR count). The standard InChI is InChI=1S/C26H31N3O3/c1-3-4-10-15-29-25(30)23(21-13-8-9-14-22(21)32-2)24(26(29)31)28-18-16-27(17-19-28)20-11-6-5-7-12-20/h5-9,11-14H,3-4,10,15-19H2,1-2H3. The van der Waals surface area contributed by atoms with Crippen LogP contribution in [0.25, 0.3) is 5.57 Å². The molecule has 0 aromatic heterocycles. The molecule has 6 heteroatoms. The van der Waals surface area contributed by atoms with Crippen LogP contribution in [0.15, 0.2) is 60.3 Å². The number of carbonyl (C=O) groups is 2. The topological polar surface area (TPSA) is 53.1 Å². The van der Waals surface area contributed by atoms with Gasteiger partial charge in [-0.05, 0) is 24.6 Å². The Hall–Kier alpha value is -3.28. The summed E-state index contributed by atoms with van der Waals surface area (Å²) in [4.78, 5) is 32.8. The molecule has 2 aliphatic rings. The summed E-state index contributed by atoms with van der Waals surface area (Å²) in [5.74, 6) is 0.218. The van der Waals surface area contributed by atoms with Crippen molar-refractivity contribution in [2.24, 2.45) is 0 Å². The lowest BCUT2D eigenvalue weighted by Gasteiger charge is -2.37. The second-order valence-corrected chi connectivity index (χ2v) is 8.20. The van der Waals surface area contributed by atoms with Gasteiger partial charge in [0.1, 0.15) is 11.4 Å². The largest absolute Gasteiger partial charge is 0.496 e. The van der Waals surface area contributed by atoms with Crippen molar-refractivity contribution in [3.8, 4) is 5.75 Å². The minimum absolute atomic E-state index is 0.180. The zero-order chi connectivity index (χ0) is 22.5. The van der Waals surface area contributed by atoms with Gasteiger partial charge in [0.15, 0.2) is 0 Å². The zero-order valence-corrected chi connectivity index (χ0v) is 18.9. The first kappa shape index (κ1) is 21.9. The van der Waals surface area contributed by atoms with Crippen LogP contribution in [0.4, 0.5) is 5.69 Å². The molecule has 0 bridgehead atoms. The Balaban J connectivity index is 1.64. The van der Waals surface area contributed by atoms with Gasteiger partial charge < -0.3 is 14.5 Å². The Morgan fingerprint density at radius 3 is 2.16 bits per heavy atom. The Morgan fingerprint density at radius 2 is 1.47 bits per heavy atom. The van der Waals surface area contributed by atoms with Crippen LogP contribution in [0, 0.1) is 0 Å². The molecule has 6 nitrogen and oxygen atoms in total. The van der Waals surface area contributed by atoms with Gasteiger partial charge in [-0.25, -0.2) is 0 Å². The van der Waals surface area contributed by atoms with Gasteiger partial charge in [-0.3, -0.25) is 14.5 Å². The summed E-state index contributed by atoms with van der Waals surface area (Å²) in [5.41, 5.74) is 2.86. The van der Waals surface area contributed by atoms with Gasteiger partial charge in [-0.15, -0.1) is 0 Å². The van der Waals surface area contributed by atoms with E-state index in [1.54, 1.807) is 7.11 Å². The first-order chi connectivity index (χ1) is 15.7. The summed E-state index contributed by atoms with van der Waals surface area (Å²) in [5, 5.41) is 0. The third-order valence-electron chi connectivity index (χ3n) is 6.22. The highest BCUT2D eigenvalue weighted by atomic mass is 16.5. The molecule has 0 saturated carbocycles. The van der Waals surface area contributed by atoms with Gasteiger partial charge in [0.2, 0.25) is 0 Å². The van der Waals surface area contributed by atoms with E-state index in [1.165, 1.54) is 10.6 Å². The molecule has 168 valence electrons. The lowest BCUT2D eigenvalue weighted by molar-refractivity contribution is -0.137. The highest BCUT2D eigenvalue weighted by molar-refractivity contribution is 6.36. The monoisotopic (exact) mass is 433 g/mol. The number of para-hydroxylation sites is 2. The summed E-state index contributed by atoms with van der Waals surface area (Å²) in [6.07, 6.45) is 2.85. The number of benzene rings is 2. The number of carbonyl (C=O) groups excluding carboxylic acids is 2. The maximum absolute atomic E-state index is 13.5. The fraction of sp³-hybridized carbons (Fsp3) is 0.385. The van der Waals surface area contributed by atoms with Gasteiger partial charge in [-0.1, -0.05) is 56.2 Å². The Kier molecular flexibility index (Phi) is 6.78. The summed E-state index contributed by atoms with van der Waals surface area (Å²) < 4.78 is 5.54. The normalized spacial score (nSPS) is 16.9. The molecule has 0 atom stereocenters. The quantitative estimate of drug-likeness (QED) is 0.468. The summed E-state index contributed by atoms with van der Waals surface area (Å²) >= 11 is 0. The molecular formula is C26H31N3O3. The first-order valence-corrected chi connectivity index (χ1v) is 11.4. The Morgan fingerprint density at radius 1 is 0.812 bits per heavy atom. The fourth-order valence-electron chi connectivity index (χ4n) is 4.50. The highest BCUT2D eigenvalue weighted by Gasteiger charge is 2.42. The van der Waals surface area contributed by atoms with E-state index in [-0.39, 0.29) is 11.8 Å². The van der Waals surface area contributed by atoms with Crippen LogP contribution in [-0.2, 0) is 9.59 Å². The van der Waals surface area contributed by atoms with Gasteiger partial charge in [0.25, 0.3) is 11.8 Å². The van der Waals surface area contributed by atoms with E-state index in [9.17, 15) is 9.59 Å². The van der Waals surface area contributed by atoms with E-state index in [1.807, 2.05) is 42.5 Å². The molecule has 0 N–H and O–H groups in total. The van der Waals surface area contributed by atoms with Crippen LogP contribution in [0.5, 0.6) is 5.75 Å². The van der Waals surface area contributed by atoms with E-state index in [0.717, 1.165) is 32.4 Å². The van der Waals surface area contributed by atoms with Gasteiger partial charge in [0.05, 0.1) is 12.7 Å². The Bertz CT molecular complexity index is 994. The summed E-state index contributed by atoms with van der Waals surface area (Å²) in [6, 6.07) is 17.8. The molecule has 2 aromatic carbocycles. The number of imide groups is 1. The number of piperazine rings is 1. The predicted molar refractivity (Wildman–Crippen MR) is 126 cm³/mol. The molecule has 1 saturated heterocycles. The number of anilines is 1. The molecule has 2 aromatic rings. The van der Waals surface area contributed by atoms with Crippen molar-refractivity contribution in [2.45, 2.75) is 26.2 Å². The number of rotatable bonds is 8. The molecule has 0 radical (unpaired) electrons. The van der Waals surface area contributed by atoms with Crippen molar-refractivity contribution in [2.75, 3.05) is 44.7 Å². The lowest BCUT2D eigenvalue weighted by atomic mass is 10.0. The lowest BCUT2D eigenvalue weighted by Crippen LogP contribution is -2.47. The molecule has 0 aliphatic carbocycles. The second-order valence-electron chi connectivity index (χ2n) is 8.20. The molecule has 0 spiro atoms. The number of amides is 2. The fourth-order valence-corrected chi connectivity index (χ4v) is 4.50. The summed E-state index contributed by atoms with van der Waals surface area (Å²) in [7, 11) is 1.60. The maximum Gasteiger partial charge on any atom is 0.277 e. The minimum atomic E-state index is -0.212. The van der Waals surface area contributed by atoms with Crippen LogP contribution >= 0.6 is 0 Å². The molecule has 0 unspecified atom stereocenters. The third kappa shape index (κ3) is 4.22. The molecule has 2 amide bonds. The van der Waals surface area contributed by atoms with E-state index in [4.69, 9.17) is 4.74 Å². The first-order valence-electron chi connectivity index (χ1n) is 11.4. The number of methoxy groups -OCH3 is 1. The molecular weight excluding hydrogens is 402 g/mol. The number of hydrogen-bond donors (Lipinski definition) is 0. The maximum atomic E-state index is 13.5. The van der Waals surface area contributed by atoms with Crippen molar-refractivity contribution >= 4 is 23.1 Å². The number of ether oxygens (including phenoxy) is 1. The predicted octanol–water partition coefficient (Wildman–Crippen LogP) is 3.79. The van der Waals surface area contributed by atoms with Crippen LogP contribution in [0.2, 0.25) is 0 Å². The van der Waals surface area contributed by atoms with E-state index in [2.05, 4.69) is 28.9 Å². The number of nitrogens with zero attached hydrogens (tertiary/aromatic N) is 3. The van der Waals surface area contributed by atoms with Crippen LogP contribution in [-0.4, -0.2) is 61.4 Å². The summed E-state index contributed by atoms with van der Waals surface area (Å²) in [6.45, 7) is 5.53. The average Bonchev–Trinajstić information content (AvgIpc) is 3.09. The third-order valence-corrected chi connectivity index (χ3v) is 6.22. The molecule has 2 heterocycles. The molecule has 32 heavy (non-hydrogen) atoms. The minimum Gasteiger partial charge on any atom is -0.496 e. The second kappa shape index (κ2) is 9.90. The zero-order valence-electron chi connectivity index (χ0n) is 18.9. The van der Waals surface area contributed by atoms with Gasteiger partial charge in [-0.2, -0.15) is 0 Å². The van der Waals surface area contributed by atoms with Gasteiger partial charge >= 0.3 is 0 Å².